The second-order valence-electron chi connectivity index (χ2n) is 10.5. The first-order valence-electron chi connectivity index (χ1n) is 14.0. The van der Waals surface area contributed by atoms with Gasteiger partial charge >= 0.3 is 72.8 Å². The number of amides is 1. The SMILES string of the molecule is O=C(NC[C@H]1O[C@H](OCc2ccccc2)[CH][C@@H](OS(=O)(=O)O)[C@@H]1OS(=O)(=O)O)[C@H](OS(=O)(=O)O)[C@@H](OS(=O)(=O)O)[C@H](OS(=O)(=O)O)[C@@H](COS(=O)(=O)O)OS(=O)(=O)O. The number of rotatable bonds is 24. The van der Waals surface area contributed by atoms with Gasteiger partial charge in [-0.15, -0.1) is 0 Å². The van der Waals surface area contributed by atoms with E-state index >= 15 is 0 Å². The van der Waals surface area contributed by atoms with Crippen molar-refractivity contribution in [3.05, 3.63) is 42.3 Å². The molecule has 0 bridgehead atoms. The zero-order valence-corrected chi connectivity index (χ0v) is 33.2. The lowest BCUT2D eigenvalue weighted by molar-refractivity contribution is -0.216. The van der Waals surface area contributed by atoms with Gasteiger partial charge in [0.2, 0.25) is 0 Å². The third-order valence-corrected chi connectivity index (χ3v) is 9.35. The average molecular weight is 991 g/mol. The Hall–Kier alpha value is -2.30. The van der Waals surface area contributed by atoms with Crippen molar-refractivity contribution in [3.8, 4) is 0 Å². The van der Waals surface area contributed by atoms with Crippen molar-refractivity contribution in [1.82, 2.24) is 5.32 Å². The Balaban J connectivity index is 2.74. The highest BCUT2D eigenvalue weighted by Gasteiger charge is 2.51. The largest absolute Gasteiger partial charge is 0.398 e. The van der Waals surface area contributed by atoms with E-state index in [2.05, 4.69) is 29.3 Å². The van der Waals surface area contributed by atoms with Crippen molar-refractivity contribution in [2.24, 2.45) is 0 Å². The van der Waals surface area contributed by atoms with E-state index in [1.165, 1.54) is 29.6 Å². The van der Waals surface area contributed by atoms with Gasteiger partial charge in [-0.25, -0.2) is 29.3 Å². The van der Waals surface area contributed by atoms with Crippen LogP contribution in [-0.2, 0) is 123 Å². The van der Waals surface area contributed by atoms with Crippen LogP contribution in [0.25, 0.3) is 0 Å². The molecule has 1 aromatic rings. The minimum Gasteiger partial charge on any atom is -0.351 e. The second-order valence-corrected chi connectivity index (χ2v) is 17.8. The highest BCUT2D eigenvalue weighted by atomic mass is 32.3. The molecule has 0 spiro atoms. The predicted molar refractivity (Wildman–Crippen MR) is 173 cm³/mol. The molecule has 0 saturated carbocycles. The van der Waals surface area contributed by atoms with E-state index in [9.17, 15) is 86.5 Å². The van der Waals surface area contributed by atoms with E-state index in [0.717, 1.165) is 0 Å². The second kappa shape index (κ2) is 20.0. The van der Waals surface area contributed by atoms with Crippen LogP contribution in [0.1, 0.15) is 5.56 Å². The quantitative estimate of drug-likeness (QED) is 0.0451. The molecule has 39 heteroatoms. The minimum absolute atomic E-state index is 0.392. The molecule has 8 N–H and O–H groups in total. The molecule has 0 unspecified atom stereocenters. The number of ether oxygens (including phenoxy) is 2. The maximum Gasteiger partial charge on any atom is 0.398 e. The number of benzene rings is 1. The minimum atomic E-state index is -6.33. The van der Waals surface area contributed by atoms with Gasteiger partial charge in [0.25, 0.3) is 5.91 Å². The monoisotopic (exact) mass is 990 g/mol. The number of nitrogens with one attached hydrogen (secondary N) is 1. The van der Waals surface area contributed by atoms with Gasteiger partial charge in [-0.1, -0.05) is 30.3 Å². The van der Waals surface area contributed by atoms with Gasteiger partial charge in [0.15, 0.2) is 12.4 Å². The van der Waals surface area contributed by atoms with Crippen molar-refractivity contribution in [2.45, 2.75) is 55.6 Å². The molecule has 32 nitrogen and oxygen atoms in total. The van der Waals surface area contributed by atoms with E-state index in [1.54, 1.807) is 6.07 Å². The van der Waals surface area contributed by atoms with Crippen molar-refractivity contribution in [1.29, 1.82) is 0 Å². The number of carbonyl (C=O) groups is 1. The van der Waals surface area contributed by atoms with Crippen molar-refractivity contribution in [2.75, 3.05) is 13.2 Å². The lowest BCUT2D eigenvalue weighted by Crippen LogP contribution is -2.60. The zero-order chi connectivity index (χ0) is 44.7. The number of hydrogen-bond donors (Lipinski definition) is 8. The third kappa shape index (κ3) is 21.3. The summed E-state index contributed by atoms with van der Waals surface area (Å²) in [6, 6.07) is 7.59. The lowest BCUT2D eigenvalue weighted by Gasteiger charge is -2.39. The van der Waals surface area contributed by atoms with Gasteiger partial charge in [-0.3, -0.25) is 36.7 Å². The molecule has 0 aromatic heterocycles. The summed E-state index contributed by atoms with van der Waals surface area (Å²) in [4.78, 5) is 13.5. The first-order chi connectivity index (χ1) is 26.0. The Kier molecular flexibility index (Phi) is 17.9. The highest BCUT2D eigenvalue weighted by Crippen LogP contribution is 2.29. The Morgan fingerprint density at radius 1 is 0.638 bits per heavy atom. The molecule has 337 valence electrons. The van der Waals surface area contributed by atoms with E-state index in [4.69, 9.17) is 18.6 Å². The summed E-state index contributed by atoms with van der Waals surface area (Å²) in [6.07, 6.45) is -23.1. The van der Waals surface area contributed by atoms with Gasteiger partial charge in [0, 0.05) is 6.54 Å². The Morgan fingerprint density at radius 3 is 1.60 bits per heavy atom. The third-order valence-electron chi connectivity index (χ3n) is 6.11. The average Bonchev–Trinajstić information content (AvgIpc) is 2.99. The molecule has 8 atom stereocenters. The first kappa shape index (κ1) is 51.8. The normalized spacial score (nSPS) is 22.4. The standard InChI is InChI=1S/C19H28NO31S7/c21-19(20-7-12-15(48-55(31,32)33)11(46-53(25,26)27)6-14(45-12)43-8-10-4-2-1-3-5-10)18(51-58(40,41)42)17(50-57(37,38)39)16(49-56(34,35)36)13(47-54(28,29)30)9-44-52(22,23)24/h1-6,11-18H,7-9H2,(H,20,21)(H,22,23,24)(H,25,26,27)(H,28,29,30)(H,31,32,33)(H,34,35,36)(H,37,38,39)(H,40,41,42)/t11-,12-,13-,14+,15+,16-,17+,18-/m1/s1. The van der Waals surface area contributed by atoms with E-state index < -0.39 is 147 Å². The van der Waals surface area contributed by atoms with Crippen molar-refractivity contribution >= 4 is 78.7 Å². The van der Waals surface area contributed by atoms with Crippen LogP contribution in [0.3, 0.4) is 0 Å². The summed E-state index contributed by atoms with van der Waals surface area (Å²) in [7, 11) is -42.1. The Bertz CT molecular complexity index is 2350. The van der Waals surface area contributed by atoms with Gasteiger partial charge in [-0.2, -0.15) is 58.9 Å². The predicted octanol–water partition coefficient (Wildman–Crippen LogP) is -4.80. The van der Waals surface area contributed by atoms with E-state index in [1.807, 2.05) is 0 Å². The molecule has 1 aliphatic heterocycles. The van der Waals surface area contributed by atoms with Crippen LogP contribution in [0.5, 0.6) is 0 Å². The van der Waals surface area contributed by atoms with Crippen LogP contribution in [0.4, 0.5) is 0 Å². The molecule has 1 amide bonds. The summed E-state index contributed by atoms with van der Waals surface area (Å²) in [5.74, 6) is -2.35. The molecule has 0 aliphatic carbocycles. The van der Waals surface area contributed by atoms with E-state index in [-0.39, 0.29) is 0 Å². The van der Waals surface area contributed by atoms with Gasteiger partial charge in [0.1, 0.15) is 36.6 Å². The molecule has 1 saturated heterocycles. The molecular formula is C19H28NO31S7. The molecule has 58 heavy (non-hydrogen) atoms. The van der Waals surface area contributed by atoms with Crippen molar-refractivity contribution < 1.29 is 134 Å². The topological polar surface area (TPSA) is 493 Å². The fraction of sp³-hybridized carbons (Fsp3) is 0.579. The Labute approximate surface area is 328 Å². The lowest BCUT2D eigenvalue weighted by atomic mass is 10.0. The van der Waals surface area contributed by atoms with Crippen LogP contribution in [0.2, 0.25) is 0 Å². The molecule has 1 aliphatic rings. The number of hydrogen-bond acceptors (Lipinski definition) is 24. The van der Waals surface area contributed by atoms with Crippen LogP contribution >= 0.6 is 0 Å². The van der Waals surface area contributed by atoms with Crippen molar-refractivity contribution in [3.63, 3.8) is 0 Å². The smallest absolute Gasteiger partial charge is 0.351 e. The Morgan fingerprint density at radius 2 is 1.14 bits per heavy atom. The van der Waals surface area contributed by atoms with Crippen LogP contribution < -0.4 is 5.32 Å². The molecular weight excluding hydrogens is 963 g/mol. The van der Waals surface area contributed by atoms with Crippen LogP contribution in [0, 0.1) is 6.42 Å². The van der Waals surface area contributed by atoms with Gasteiger partial charge in [0.05, 0.1) is 19.6 Å². The highest BCUT2D eigenvalue weighted by molar-refractivity contribution is 7.82. The summed E-state index contributed by atoms with van der Waals surface area (Å²) in [6.45, 7) is -4.11. The fourth-order valence-corrected chi connectivity index (χ4v) is 7.54. The molecule has 1 radical (unpaired) electrons. The van der Waals surface area contributed by atoms with Gasteiger partial charge < -0.3 is 14.8 Å². The maximum absolute atomic E-state index is 13.5. The molecule has 1 heterocycles. The fourth-order valence-electron chi connectivity index (χ4n) is 4.32. The zero-order valence-electron chi connectivity index (χ0n) is 27.5. The molecule has 2 rings (SSSR count). The van der Waals surface area contributed by atoms with E-state index in [0.29, 0.717) is 12.0 Å². The maximum atomic E-state index is 13.5. The summed E-state index contributed by atoms with van der Waals surface area (Å²) in [5.41, 5.74) is 0.392. The van der Waals surface area contributed by atoms with Crippen LogP contribution in [-0.4, -0.2) is 159 Å². The first-order valence-corrected chi connectivity index (χ1v) is 23.5. The molecule has 1 fully saturated rings. The summed E-state index contributed by atoms with van der Waals surface area (Å²) < 4.78 is 267. The molecule has 1 aromatic carbocycles. The van der Waals surface area contributed by atoms with Crippen LogP contribution in [0.15, 0.2) is 30.3 Å². The van der Waals surface area contributed by atoms with Gasteiger partial charge in [-0.05, 0) is 5.56 Å². The summed E-state index contributed by atoms with van der Waals surface area (Å²) >= 11 is 0. The summed E-state index contributed by atoms with van der Waals surface area (Å²) in [5, 5.41) is 1.54. The number of carbonyl (C=O) groups excluding carboxylic acids is 1.